The third-order valence-electron chi connectivity index (χ3n) is 7.62. The number of likely N-dealkylation sites (tertiary alicyclic amines) is 1. The van der Waals surface area contributed by atoms with Crippen LogP contribution < -0.4 is 9.64 Å². The van der Waals surface area contributed by atoms with Crippen molar-refractivity contribution < 1.29 is 14.3 Å². The van der Waals surface area contributed by atoms with Crippen LogP contribution in [0.4, 0.5) is 5.69 Å². The van der Waals surface area contributed by atoms with Gasteiger partial charge in [-0.25, -0.2) is 0 Å². The van der Waals surface area contributed by atoms with Crippen LogP contribution in [-0.4, -0.2) is 68.0 Å². The molecule has 0 aliphatic carbocycles. The van der Waals surface area contributed by atoms with E-state index in [0.29, 0.717) is 19.6 Å². The summed E-state index contributed by atoms with van der Waals surface area (Å²) in [5.41, 5.74) is 4.92. The summed E-state index contributed by atoms with van der Waals surface area (Å²) >= 11 is 0. The van der Waals surface area contributed by atoms with Crippen LogP contribution >= 0.6 is 0 Å². The number of carbonyl (C=O) groups excluding carboxylic acids is 2. The zero-order chi connectivity index (χ0) is 25.8. The molecule has 37 heavy (non-hydrogen) atoms. The molecule has 6 nitrogen and oxygen atoms in total. The fraction of sp³-hybridized carbons (Fsp3) is 0.355. The van der Waals surface area contributed by atoms with Crippen molar-refractivity contribution in [2.45, 2.75) is 25.7 Å². The van der Waals surface area contributed by atoms with Gasteiger partial charge in [-0.15, -0.1) is 0 Å². The van der Waals surface area contributed by atoms with Gasteiger partial charge in [-0.3, -0.25) is 9.59 Å². The minimum Gasteiger partial charge on any atom is -0.497 e. The maximum atomic E-state index is 13.4. The van der Waals surface area contributed by atoms with Gasteiger partial charge in [0.1, 0.15) is 5.75 Å². The minimum absolute atomic E-state index is 0.0830. The first kappa shape index (κ1) is 24.9. The molecule has 0 saturated carbocycles. The van der Waals surface area contributed by atoms with Crippen molar-refractivity contribution in [1.29, 1.82) is 0 Å². The van der Waals surface area contributed by atoms with Gasteiger partial charge in [-0.05, 0) is 73.9 Å². The van der Waals surface area contributed by atoms with Crippen LogP contribution in [0.1, 0.15) is 50.6 Å². The number of nitrogens with zero attached hydrogens (tertiary/aromatic N) is 3. The van der Waals surface area contributed by atoms with Crippen LogP contribution in [0.15, 0.2) is 72.8 Å². The number of aryl methyl sites for hydroxylation is 1. The Hall–Kier alpha value is -3.80. The highest BCUT2D eigenvalue weighted by Gasteiger charge is 2.27. The lowest BCUT2D eigenvalue weighted by molar-refractivity contribution is 0.0704. The predicted octanol–water partition coefficient (Wildman–Crippen LogP) is 4.99. The number of piperazine rings is 1. The molecule has 2 aliphatic heterocycles. The predicted molar refractivity (Wildman–Crippen MR) is 147 cm³/mol. The first-order valence-electron chi connectivity index (χ1n) is 13.2. The minimum atomic E-state index is 0.0830. The summed E-state index contributed by atoms with van der Waals surface area (Å²) in [6.07, 6.45) is 1.99. The molecule has 2 fully saturated rings. The van der Waals surface area contributed by atoms with Crippen molar-refractivity contribution >= 4 is 17.5 Å². The zero-order valence-electron chi connectivity index (χ0n) is 21.7. The lowest BCUT2D eigenvalue weighted by Crippen LogP contribution is -2.48. The molecule has 0 spiro atoms. The van der Waals surface area contributed by atoms with Crippen LogP contribution in [0.3, 0.4) is 0 Å². The second-order valence-corrected chi connectivity index (χ2v) is 10.1. The van der Waals surface area contributed by atoms with Gasteiger partial charge in [-0.2, -0.15) is 0 Å². The number of hydrogen-bond donors (Lipinski definition) is 0. The van der Waals surface area contributed by atoms with E-state index in [1.165, 1.54) is 0 Å². The Morgan fingerprint density at radius 1 is 0.784 bits per heavy atom. The lowest BCUT2D eigenvalue weighted by atomic mass is 9.89. The molecule has 3 aromatic rings. The second-order valence-electron chi connectivity index (χ2n) is 10.1. The summed E-state index contributed by atoms with van der Waals surface area (Å²) in [7, 11) is 1.67. The number of methoxy groups -OCH3 is 1. The summed E-state index contributed by atoms with van der Waals surface area (Å²) < 4.78 is 5.26. The summed E-state index contributed by atoms with van der Waals surface area (Å²) in [6.45, 7) is 6.48. The average molecular weight is 498 g/mol. The van der Waals surface area contributed by atoms with E-state index in [0.717, 1.165) is 66.2 Å². The first-order valence-corrected chi connectivity index (χ1v) is 13.2. The number of anilines is 1. The Morgan fingerprint density at radius 2 is 1.49 bits per heavy atom. The molecule has 0 aromatic heterocycles. The Labute approximate surface area is 219 Å². The van der Waals surface area contributed by atoms with Crippen molar-refractivity contribution in [3.8, 4) is 5.75 Å². The molecule has 2 amide bonds. The number of rotatable bonds is 5. The fourth-order valence-corrected chi connectivity index (χ4v) is 5.38. The van der Waals surface area contributed by atoms with Crippen molar-refractivity contribution in [3.05, 3.63) is 95.1 Å². The maximum Gasteiger partial charge on any atom is 0.253 e. The lowest BCUT2D eigenvalue weighted by Gasteiger charge is -2.36. The van der Waals surface area contributed by atoms with E-state index in [-0.39, 0.29) is 17.7 Å². The van der Waals surface area contributed by atoms with Gasteiger partial charge >= 0.3 is 0 Å². The van der Waals surface area contributed by atoms with Crippen molar-refractivity contribution in [3.63, 3.8) is 0 Å². The summed E-state index contributed by atoms with van der Waals surface area (Å²) in [5, 5.41) is 0. The summed E-state index contributed by atoms with van der Waals surface area (Å²) in [6, 6.07) is 23.9. The molecule has 2 aliphatic rings. The zero-order valence-corrected chi connectivity index (χ0v) is 21.7. The molecule has 5 rings (SSSR count). The SMILES string of the molecule is COc1ccc(N2CCN(C(=O)c3cccc([C@H]4CCCN(C(=O)c5ccc(C)cc5)C4)c3)CC2)cc1. The van der Waals surface area contributed by atoms with Crippen LogP contribution in [-0.2, 0) is 0 Å². The highest BCUT2D eigenvalue weighted by Crippen LogP contribution is 2.29. The van der Waals surface area contributed by atoms with Crippen molar-refractivity contribution in [1.82, 2.24) is 9.80 Å². The molecule has 2 saturated heterocycles. The Morgan fingerprint density at radius 3 is 2.19 bits per heavy atom. The molecule has 0 unspecified atom stereocenters. The third kappa shape index (κ3) is 5.63. The second kappa shape index (κ2) is 11.1. The van der Waals surface area contributed by atoms with Gasteiger partial charge in [0.25, 0.3) is 11.8 Å². The van der Waals surface area contributed by atoms with Crippen LogP contribution in [0, 0.1) is 6.92 Å². The van der Waals surface area contributed by atoms with E-state index >= 15 is 0 Å². The number of amides is 2. The van der Waals surface area contributed by atoms with Crippen molar-refractivity contribution in [2.24, 2.45) is 0 Å². The summed E-state index contributed by atoms with van der Waals surface area (Å²) in [4.78, 5) is 32.7. The normalized spacial score (nSPS) is 18.0. The first-order chi connectivity index (χ1) is 18.0. The molecule has 3 aromatic carbocycles. The molecule has 0 radical (unpaired) electrons. The largest absolute Gasteiger partial charge is 0.497 e. The standard InChI is InChI=1S/C31H35N3O3/c1-23-8-10-24(11-9-23)30(35)34-16-4-7-27(22-34)25-5-3-6-26(21-25)31(36)33-19-17-32(18-20-33)28-12-14-29(37-2)15-13-28/h3,5-6,8-15,21,27H,4,7,16-20,22H2,1-2H3/t27-/m0/s1. The number of ether oxygens (including phenoxy) is 1. The van der Waals surface area contributed by atoms with Gasteiger partial charge in [0.2, 0.25) is 0 Å². The molecule has 0 N–H and O–H groups in total. The average Bonchev–Trinajstić information content (AvgIpc) is 2.97. The number of carbonyl (C=O) groups is 2. The molecule has 2 heterocycles. The van der Waals surface area contributed by atoms with Crippen molar-refractivity contribution in [2.75, 3.05) is 51.3 Å². The van der Waals surface area contributed by atoms with Gasteiger partial charge in [0, 0.05) is 62.0 Å². The van der Waals surface area contributed by atoms with Crippen LogP contribution in [0.2, 0.25) is 0 Å². The topological polar surface area (TPSA) is 53.1 Å². The molecule has 6 heteroatoms. The quantitative estimate of drug-likeness (QED) is 0.499. The molecular weight excluding hydrogens is 462 g/mol. The molecule has 1 atom stereocenters. The Kier molecular flexibility index (Phi) is 7.45. The highest BCUT2D eigenvalue weighted by atomic mass is 16.5. The number of benzene rings is 3. The van der Waals surface area contributed by atoms with Gasteiger partial charge < -0.3 is 19.4 Å². The maximum absolute atomic E-state index is 13.4. The number of hydrogen-bond acceptors (Lipinski definition) is 4. The van der Waals surface area contributed by atoms with Gasteiger partial charge in [0.15, 0.2) is 0 Å². The third-order valence-corrected chi connectivity index (χ3v) is 7.62. The molecule has 0 bridgehead atoms. The Balaban J connectivity index is 1.21. The Bertz CT molecular complexity index is 1230. The fourth-order valence-electron chi connectivity index (χ4n) is 5.38. The van der Waals surface area contributed by atoms with E-state index in [1.807, 2.05) is 71.3 Å². The smallest absolute Gasteiger partial charge is 0.253 e. The van der Waals surface area contributed by atoms with E-state index in [2.05, 4.69) is 23.1 Å². The monoisotopic (exact) mass is 497 g/mol. The van der Waals surface area contributed by atoms with E-state index in [9.17, 15) is 9.59 Å². The molecule has 192 valence electrons. The van der Waals surface area contributed by atoms with E-state index in [4.69, 9.17) is 4.74 Å². The van der Waals surface area contributed by atoms with E-state index in [1.54, 1.807) is 7.11 Å². The number of piperidine rings is 1. The van der Waals surface area contributed by atoms with Gasteiger partial charge in [-0.1, -0.05) is 29.8 Å². The van der Waals surface area contributed by atoms with Crippen LogP contribution in [0.25, 0.3) is 0 Å². The molecular formula is C31H35N3O3. The highest BCUT2D eigenvalue weighted by molar-refractivity contribution is 5.95. The van der Waals surface area contributed by atoms with Crippen LogP contribution in [0.5, 0.6) is 5.75 Å². The van der Waals surface area contributed by atoms with Gasteiger partial charge in [0.05, 0.1) is 7.11 Å². The van der Waals surface area contributed by atoms with E-state index < -0.39 is 0 Å². The summed E-state index contributed by atoms with van der Waals surface area (Å²) in [5.74, 6) is 1.26.